The van der Waals surface area contributed by atoms with Gasteiger partial charge in [-0.05, 0) is 61.7 Å². The lowest BCUT2D eigenvalue weighted by atomic mass is 10.1. The third-order valence-corrected chi connectivity index (χ3v) is 6.07. The van der Waals surface area contributed by atoms with E-state index in [1.54, 1.807) is 7.11 Å². The van der Waals surface area contributed by atoms with E-state index in [2.05, 4.69) is 60.1 Å². The van der Waals surface area contributed by atoms with Crippen LogP contribution in [0.25, 0.3) is 16.7 Å². The van der Waals surface area contributed by atoms with E-state index in [1.807, 2.05) is 25.1 Å². The smallest absolute Gasteiger partial charge is 0.125 e. The molecule has 0 fully saturated rings. The number of hydrogen-bond acceptors (Lipinski definition) is 4. The first-order chi connectivity index (χ1) is 15.0. The van der Waals surface area contributed by atoms with E-state index in [0.29, 0.717) is 0 Å². The van der Waals surface area contributed by atoms with Crippen LogP contribution in [-0.2, 0) is 13.0 Å². The van der Waals surface area contributed by atoms with Crippen molar-refractivity contribution >= 4 is 16.7 Å². The second-order valence-electron chi connectivity index (χ2n) is 8.22. The Bertz CT molecular complexity index is 1280. The average Bonchev–Trinajstić information content (AvgIpc) is 3.30. The Morgan fingerprint density at radius 3 is 2.84 bits per heavy atom. The molecule has 31 heavy (non-hydrogen) atoms. The van der Waals surface area contributed by atoms with Gasteiger partial charge >= 0.3 is 0 Å². The Morgan fingerprint density at radius 1 is 1.13 bits per heavy atom. The van der Waals surface area contributed by atoms with Crippen LogP contribution in [0.15, 0.2) is 54.6 Å². The van der Waals surface area contributed by atoms with E-state index in [-0.39, 0.29) is 6.10 Å². The zero-order valence-corrected chi connectivity index (χ0v) is 18.4. The summed E-state index contributed by atoms with van der Waals surface area (Å²) in [4.78, 5) is 4.75. The molecular formula is C26H27N3O2. The molecule has 5 nitrogen and oxygen atoms in total. The van der Waals surface area contributed by atoms with Crippen LogP contribution in [0.2, 0.25) is 0 Å². The number of aromatic nitrogens is 2. The van der Waals surface area contributed by atoms with Crippen molar-refractivity contribution in [3.05, 3.63) is 77.1 Å². The van der Waals surface area contributed by atoms with Crippen molar-refractivity contribution in [2.75, 3.05) is 12.4 Å². The van der Waals surface area contributed by atoms with Gasteiger partial charge < -0.3 is 14.8 Å². The van der Waals surface area contributed by atoms with Gasteiger partial charge in [-0.3, -0.25) is 4.57 Å². The number of hydrogen-bond donors (Lipinski definition) is 1. The second-order valence-corrected chi connectivity index (χ2v) is 8.22. The summed E-state index contributed by atoms with van der Waals surface area (Å²) in [6.07, 6.45) is 1.25. The van der Waals surface area contributed by atoms with Gasteiger partial charge in [0.15, 0.2) is 0 Å². The number of nitrogens with one attached hydrogen (secondary N) is 1. The predicted octanol–water partition coefficient (Wildman–Crippen LogP) is 5.59. The first kappa shape index (κ1) is 19.5. The van der Waals surface area contributed by atoms with Gasteiger partial charge in [0.05, 0.1) is 23.8 Å². The SMILES string of the molecule is COc1ccc2nc(C)n(-c3cccc(CNc4ccc5c(c4)OC(C)C5)c3C)c2c1. The van der Waals surface area contributed by atoms with Crippen molar-refractivity contribution in [2.45, 2.75) is 39.8 Å². The van der Waals surface area contributed by atoms with Crippen molar-refractivity contribution < 1.29 is 9.47 Å². The van der Waals surface area contributed by atoms with Crippen LogP contribution in [0.3, 0.4) is 0 Å². The molecule has 0 aliphatic carbocycles. The summed E-state index contributed by atoms with van der Waals surface area (Å²) >= 11 is 0. The molecule has 0 amide bonds. The van der Waals surface area contributed by atoms with E-state index in [4.69, 9.17) is 14.5 Å². The molecule has 1 N–H and O–H groups in total. The van der Waals surface area contributed by atoms with Crippen molar-refractivity contribution in [3.63, 3.8) is 0 Å². The van der Waals surface area contributed by atoms with Crippen molar-refractivity contribution in [3.8, 4) is 17.2 Å². The maximum absolute atomic E-state index is 5.90. The van der Waals surface area contributed by atoms with Crippen molar-refractivity contribution in [1.29, 1.82) is 0 Å². The first-order valence-electron chi connectivity index (χ1n) is 10.7. The van der Waals surface area contributed by atoms with Gasteiger partial charge in [-0.15, -0.1) is 0 Å². The molecule has 5 heteroatoms. The highest BCUT2D eigenvalue weighted by Gasteiger charge is 2.19. The van der Waals surface area contributed by atoms with Crippen LogP contribution in [0.5, 0.6) is 11.5 Å². The normalized spacial score (nSPS) is 15.0. The van der Waals surface area contributed by atoms with Gasteiger partial charge in [0.1, 0.15) is 23.4 Å². The zero-order chi connectivity index (χ0) is 21.5. The highest BCUT2D eigenvalue weighted by atomic mass is 16.5. The standard InChI is InChI=1S/C26H27N3O2/c1-16-12-19-8-9-21(13-26(19)31-16)27-15-20-6-5-7-24(17(20)2)29-18(3)28-23-11-10-22(30-4)14-25(23)29/h5-11,13-14,16,27H,12,15H2,1-4H3. The molecule has 1 aliphatic rings. The first-order valence-corrected chi connectivity index (χ1v) is 10.7. The highest BCUT2D eigenvalue weighted by Crippen LogP contribution is 2.32. The minimum atomic E-state index is 0.260. The van der Waals surface area contributed by atoms with E-state index in [9.17, 15) is 0 Å². The molecule has 4 aromatic rings. The molecule has 0 saturated heterocycles. The highest BCUT2D eigenvalue weighted by molar-refractivity contribution is 5.80. The lowest BCUT2D eigenvalue weighted by Gasteiger charge is -2.16. The Hall–Kier alpha value is -3.47. The Labute approximate surface area is 182 Å². The van der Waals surface area contributed by atoms with Crippen LogP contribution in [0.4, 0.5) is 5.69 Å². The monoisotopic (exact) mass is 413 g/mol. The van der Waals surface area contributed by atoms with Gasteiger partial charge in [-0.2, -0.15) is 0 Å². The molecule has 158 valence electrons. The molecule has 1 atom stereocenters. The summed E-state index contributed by atoms with van der Waals surface area (Å²) in [6.45, 7) is 7.07. The van der Waals surface area contributed by atoms with E-state index in [1.165, 1.54) is 16.7 Å². The molecule has 3 aromatic carbocycles. The van der Waals surface area contributed by atoms with Gasteiger partial charge in [-0.1, -0.05) is 18.2 Å². The second kappa shape index (κ2) is 7.65. The fourth-order valence-corrected chi connectivity index (χ4v) is 4.42. The van der Waals surface area contributed by atoms with Crippen molar-refractivity contribution in [2.24, 2.45) is 0 Å². The molecule has 1 aromatic heterocycles. The maximum Gasteiger partial charge on any atom is 0.125 e. The van der Waals surface area contributed by atoms with E-state index >= 15 is 0 Å². The fourth-order valence-electron chi connectivity index (χ4n) is 4.42. The summed E-state index contributed by atoms with van der Waals surface area (Å²) in [6, 6.07) is 18.9. The minimum absolute atomic E-state index is 0.260. The largest absolute Gasteiger partial charge is 0.497 e. The third-order valence-electron chi connectivity index (χ3n) is 6.07. The van der Waals surface area contributed by atoms with Crippen LogP contribution in [-0.4, -0.2) is 22.8 Å². The number of rotatable bonds is 5. The Kier molecular flexibility index (Phi) is 4.81. The van der Waals surface area contributed by atoms with Gasteiger partial charge in [0, 0.05) is 30.8 Å². The van der Waals surface area contributed by atoms with Gasteiger partial charge in [0.2, 0.25) is 0 Å². The molecule has 0 saturated carbocycles. The number of imidazole rings is 1. The number of benzene rings is 3. The average molecular weight is 414 g/mol. The number of ether oxygens (including phenoxy) is 2. The van der Waals surface area contributed by atoms with Crippen LogP contribution in [0, 0.1) is 13.8 Å². The molecular weight excluding hydrogens is 386 g/mol. The molecule has 1 aliphatic heterocycles. The molecule has 5 rings (SSSR count). The van der Waals surface area contributed by atoms with Crippen LogP contribution in [0.1, 0.15) is 29.4 Å². The van der Waals surface area contributed by atoms with Crippen molar-refractivity contribution in [1.82, 2.24) is 9.55 Å². The molecule has 0 radical (unpaired) electrons. The van der Waals surface area contributed by atoms with Crippen LogP contribution >= 0.6 is 0 Å². The Balaban J connectivity index is 1.46. The summed E-state index contributed by atoms with van der Waals surface area (Å²) in [5, 5.41) is 3.56. The molecule has 0 bridgehead atoms. The van der Waals surface area contributed by atoms with E-state index in [0.717, 1.165) is 52.7 Å². The quantitative estimate of drug-likeness (QED) is 0.464. The summed E-state index contributed by atoms with van der Waals surface area (Å²) in [5.74, 6) is 2.79. The fraction of sp³-hybridized carbons (Fsp3) is 0.269. The summed E-state index contributed by atoms with van der Waals surface area (Å²) in [7, 11) is 1.69. The number of methoxy groups -OCH3 is 1. The zero-order valence-electron chi connectivity index (χ0n) is 18.4. The summed E-state index contributed by atoms with van der Waals surface area (Å²) in [5.41, 5.74) is 7.99. The number of aryl methyl sites for hydroxylation is 1. The molecule has 0 spiro atoms. The number of anilines is 1. The van der Waals surface area contributed by atoms with Crippen LogP contribution < -0.4 is 14.8 Å². The lowest BCUT2D eigenvalue weighted by molar-refractivity contribution is 0.255. The number of fused-ring (bicyclic) bond motifs is 2. The molecule has 2 heterocycles. The number of nitrogens with zero attached hydrogens (tertiary/aromatic N) is 2. The lowest BCUT2D eigenvalue weighted by Crippen LogP contribution is -2.06. The molecule has 1 unspecified atom stereocenters. The third kappa shape index (κ3) is 3.50. The Morgan fingerprint density at radius 2 is 2.00 bits per heavy atom. The predicted molar refractivity (Wildman–Crippen MR) is 125 cm³/mol. The van der Waals surface area contributed by atoms with Gasteiger partial charge in [0.25, 0.3) is 0 Å². The van der Waals surface area contributed by atoms with Gasteiger partial charge in [-0.25, -0.2) is 4.98 Å². The topological polar surface area (TPSA) is 48.3 Å². The minimum Gasteiger partial charge on any atom is -0.497 e. The van der Waals surface area contributed by atoms with E-state index < -0.39 is 0 Å². The summed E-state index contributed by atoms with van der Waals surface area (Å²) < 4.78 is 13.6. The maximum atomic E-state index is 5.90.